The molecule has 0 unspecified atom stereocenters. The van der Waals surface area contributed by atoms with Gasteiger partial charge in [0.25, 0.3) is 0 Å². The van der Waals surface area contributed by atoms with Crippen molar-refractivity contribution in [2.24, 2.45) is 0 Å². The molecule has 1 radical (unpaired) electrons. The summed E-state index contributed by atoms with van der Waals surface area (Å²) in [6, 6.07) is 0. The molecule has 0 aliphatic carbocycles. The summed E-state index contributed by atoms with van der Waals surface area (Å²) < 4.78 is 0. The van der Waals surface area contributed by atoms with Crippen molar-refractivity contribution in [2.75, 3.05) is 6.61 Å². The van der Waals surface area contributed by atoms with E-state index in [0.29, 0.717) is 0 Å². The third-order valence-electron chi connectivity index (χ3n) is 0.129. The molecule has 0 atom stereocenters. The largest absolute Gasteiger partial charge is 0.392 e. The van der Waals surface area contributed by atoms with Gasteiger partial charge in [0.05, 0.1) is 6.61 Å². The molecule has 1 N–H and O–H groups in total. The summed E-state index contributed by atoms with van der Waals surface area (Å²) >= 11 is 0. The van der Waals surface area contributed by atoms with Crippen molar-refractivity contribution in [1.29, 1.82) is 0 Å². The first-order valence-corrected chi connectivity index (χ1v) is 1.13. The minimum Gasteiger partial charge on any atom is -0.392 e. The number of aliphatic hydroxyl groups excluding tert-OH is 1. The maximum Gasteiger partial charge on any atom is 0.0609 e. The molecule has 0 aromatic carbocycles. The van der Waals surface area contributed by atoms with E-state index in [-0.39, 0.29) is 42.2 Å². The summed E-state index contributed by atoms with van der Waals surface area (Å²) in [5, 5.41) is 7.76. The van der Waals surface area contributed by atoms with Crippen molar-refractivity contribution >= 4 is 0 Å². The van der Waals surface area contributed by atoms with Gasteiger partial charge in [0.2, 0.25) is 0 Å². The van der Waals surface area contributed by atoms with Crippen molar-refractivity contribution in [3.8, 4) is 0 Å². The first-order chi connectivity index (χ1) is 1.91. The molecule has 0 bridgehead atoms. The smallest absolute Gasteiger partial charge is 0.0609 e. The van der Waals surface area contributed by atoms with Gasteiger partial charge in [-0.05, 0) is 0 Å². The number of aliphatic hydroxyl groups is 1. The van der Waals surface area contributed by atoms with Gasteiger partial charge < -0.3 is 5.11 Å². The maximum absolute atomic E-state index is 7.76. The zero-order valence-corrected chi connectivity index (χ0v) is 6.64. The van der Waals surface area contributed by atoms with Crippen LogP contribution in [0.15, 0.2) is 12.7 Å². The molecule has 0 saturated carbocycles. The summed E-state index contributed by atoms with van der Waals surface area (Å²) in [6.45, 7) is 3.31. The van der Waals surface area contributed by atoms with Crippen LogP contribution in [0, 0.1) is 35.6 Å². The Kier molecular flexibility index (Phi) is 16.5. The molecule has 0 amide bonds. The van der Waals surface area contributed by atoms with Crippen LogP contribution in [0.25, 0.3) is 0 Å². The van der Waals surface area contributed by atoms with E-state index in [1.807, 2.05) is 0 Å². The van der Waals surface area contributed by atoms with Gasteiger partial charge in [-0.25, -0.2) is 0 Å². The summed E-state index contributed by atoms with van der Waals surface area (Å²) in [4.78, 5) is 0. The van der Waals surface area contributed by atoms with Gasteiger partial charge in [-0.15, -0.1) is 6.58 Å². The Bertz CT molecular complexity index is 20.9. The van der Waals surface area contributed by atoms with Crippen LogP contribution >= 0.6 is 0 Å². The standard InChI is InChI=1S/C3H6O.La/c1-2-3-4;/h2,4H,1,3H2;. The molecule has 0 aliphatic rings. The molecule has 27 valence electrons. The fraction of sp³-hybridized carbons (Fsp3) is 0.333. The Morgan fingerprint density at radius 1 is 1.80 bits per heavy atom. The van der Waals surface area contributed by atoms with Crippen LogP contribution in [-0.2, 0) is 0 Å². The van der Waals surface area contributed by atoms with Crippen LogP contribution < -0.4 is 0 Å². The van der Waals surface area contributed by atoms with Crippen LogP contribution in [-0.4, -0.2) is 11.7 Å². The monoisotopic (exact) mass is 197 g/mol. The normalized spacial score (nSPS) is 5.00. The van der Waals surface area contributed by atoms with Crippen molar-refractivity contribution < 1.29 is 40.7 Å². The van der Waals surface area contributed by atoms with Gasteiger partial charge in [0.1, 0.15) is 0 Å². The van der Waals surface area contributed by atoms with Gasteiger partial charge in [-0.2, -0.15) is 0 Å². The van der Waals surface area contributed by atoms with E-state index in [1.165, 1.54) is 6.08 Å². The summed E-state index contributed by atoms with van der Waals surface area (Å²) in [5.41, 5.74) is 0. The molecular formula is C3H6LaO. The van der Waals surface area contributed by atoms with E-state index < -0.39 is 0 Å². The molecule has 0 saturated heterocycles. The molecule has 0 aliphatic heterocycles. The predicted octanol–water partition coefficient (Wildman–Crippen LogP) is 0.165. The fourth-order valence-electron chi connectivity index (χ4n) is 0. The quantitative estimate of drug-likeness (QED) is 0.594. The van der Waals surface area contributed by atoms with Gasteiger partial charge in [-0.3, -0.25) is 0 Å². The molecule has 2 heteroatoms. The van der Waals surface area contributed by atoms with Crippen molar-refractivity contribution in [3.05, 3.63) is 12.7 Å². The second-order valence-electron chi connectivity index (χ2n) is 0.471. The molecular weight excluding hydrogens is 191 g/mol. The van der Waals surface area contributed by atoms with Gasteiger partial charge in [0.15, 0.2) is 0 Å². The number of rotatable bonds is 1. The maximum atomic E-state index is 7.76. The Morgan fingerprint density at radius 2 is 2.00 bits per heavy atom. The average molecular weight is 197 g/mol. The molecule has 0 aromatic heterocycles. The number of hydrogen-bond donors (Lipinski definition) is 1. The molecule has 5 heavy (non-hydrogen) atoms. The van der Waals surface area contributed by atoms with Crippen molar-refractivity contribution in [3.63, 3.8) is 0 Å². The summed E-state index contributed by atoms with van der Waals surface area (Å²) in [5.74, 6) is 0. The third-order valence-corrected chi connectivity index (χ3v) is 0.129. The van der Waals surface area contributed by atoms with Crippen LogP contribution in [0.2, 0.25) is 0 Å². The van der Waals surface area contributed by atoms with Crippen molar-refractivity contribution in [1.82, 2.24) is 0 Å². The molecule has 0 heterocycles. The molecule has 0 fully saturated rings. The molecule has 0 spiro atoms. The first-order valence-electron chi connectivity index (χ1n) is 1.13. The Morgan fingerprint density at radius 3 is 2.00 bits per heavy atom. The minimum absolute atomic E-state index is 0. The van der Waals surface area contributed by atoms with Gasteiger partial charge in [0, 0.05) is 35.6 Å². The summed E-state index contributed by atoms with van der Waals surface area (Å²) in [6.07, 6.45) is 1.43. The van der Waals surface area contributed by atoms with E-state index in [9.17, 15) is 0 Å². The van der Waals surface area contributed by atoms with Crippen LogP contribution in [0.3, 0.4) is 0 Å². The van der Waals surface area contributed by atoms with Gasteiger partial charge >= 0.3 is 0 Å². The van der Waals surface area contributed by atoms with E-state index in [4.69, 9.17) is 5.11 Å². The van der Waals surface area contributed by atoms with E-state index in [2.05, 4.69) is 6.58 Å². The zero-order chi connectivity index (χ0) is 3.41. The Hall–Kier alpha value is 0.895. The van der Waals surface area contributed by atoms with Crippen LogP contribution in [0.1, 0.15) is 0 Å². The summed E-state index contributed by atoms with van der Waals surface area (Å²) in [7, 11) is 0. The van der Waals surface area contributed by atoms with Crippen molar-refractivity contribution in [2.45, 2.75) is 0 Å². The topological polar surface area (TPSA) is 20.2 Å². The van der Waals surface area contributed by atoms with Crippen LogP contribution in [0.4, 0.5) is 0 Å². The fourth-order valence-corrected chi connectivity index (χ4v) is 0. The molecule has 0 rings (SSSR count). The third kappa shape index (κ3) is 11.4. The SMILES string of the molecule is C=CCO.[La]. The second kappa shape index (κ2) is 8.86. The van der Waals surface area contributed by atoms with E-state index >= 15 is 0 Å². The van der Waals surface area contributed by atoms with Gasteiger partial charge in [-0.1, -0.05) is 6.08 Å². The zero-order valence-electron chi connectivity index (χ0n) is 3.02. The minimum atomic E-state index is 0. The van der Waals surface area contributed by atoms with E-state index in [1.54, 1.807) is 0 Å². The Labute approximate surface area is 59.7 Å². The van der Waals surface area contributed by atoms with E-state index in [0.717, 1.165) is 0 Å². The average Bonchev–Trinajstić information content (AvgIpc) is 1.37. The van der Waals surface area contributed by atoms with Crippen LogP contribution in [0.5, 0.6) is 0 Å². The molecule has 0 aromatic rings. The predicted molar refractivity (Wildman–Crippen MR) is 17.3 cm³/mol. The molecule has 1 nitrogen and oxygen atoms in total. The Balaban J connectivity index is 0. The first kappa shape index (κ1) is 9.31. The number of hydrogen-bond acceptors (Lipinski definition) is 1. The second-order valence-corrected chi connectivity index (χ2v) is 0.471.